The predicted molar refractivity (Wildman–Crippen MR) is 88.2 cm³/mol. The van der Waals surface area contributed by atoms with Crippen molar-refractivity contribution in [3.63, 3.8) is 0 Å². The lowest BCUT2D eigenvalue weighted by molar-refractivity contribution is 0.0443. The van der Waals surface area contributed by atoms with Crippen molar-refractivity contribution in [2.24, 2.45) is 0 Å². The van der Waals surface area contributed by atoms with E-state index in [1.165, 1.54) is 0 Å². The topological polar surface area (TPSA) is 58.6 Å². The van der Waals surface area contributed by atoms with Gasteiger partial charge in [-0.25, -0.2) is 4.79 Å². The molecule has 0 unspecified atom stereocenters. The van der Waals surface area contributed by atoms with Crippen LogP contribution in [0.2, 0.25) is 0 Å². The molecule has 0 aliphatic carbocycles. The molecular weight excluding hydrogens is 369 g/mol. The summed E-state index contributed by atoms with van der Waals surface area (Å²) in [7, 11) is 0. The first kappa shape index (κ1) is 17.2. The summed E-state index contributed by atoms with van der Waals surface area (Å²) in [5.74, 6) is 0. The lowest BCUT2D eigenvalue weighted by Crippen LogP contribution is -2.47. The van der Waals surface area contributed by atoms with Crippen LogP contribution >= 0.6 is 22.6 Å². The molecule has 0 saturated carbocycles. The zero-order valence-electron chi connectivity index (χ0n) is 12.1. The van der Waals surface area contributed by atoms with Crippen LogP contribution in [0.4, 0.5) is 4.79 Å². The monoisotopic (exact) mass is 391 g/mol. The normalized spacial score (nSPS) is 14.4. The Labute approximate surface area is 134 Å². The van der Waals surface area contributed by atoms with Crippen molar-refractivity contribution in [3.05, 3.63) is 35.9 Å². The molecule has 1 rings (SSSR count). The van der Waals surface area contributed by atoms with Gasteiger partial charge in [0.25, 0.3) is 0 Å². The highest BCUT2D eigenvalue weighted by Gasteiger charge is 2.24. The fourth-order valence-corrected chi connectivity index (χ4v) is 2.33. The average molecular weight is 391 g/mol. The largest absolute Gasteiger partial charge is 0.444 e. The Morgan fingerprint density at radius 3 is 2.45 bits per heavy atom. The van der Waals surface area contributed by atoms with Gasteiger partial charge in [-0.2, -0.15) is 0 Å². The molecule has 0 aliphatic heterocycles. The Kier molecular flexibility index (Phi) is 6.75. The Balaban J connectivity index is 2.68. The molecule has 0 radical (unpaired) electrons. The van der Waals surface area contributed by atoms with Gasteiger partial charge in [-0.1, -0.05) is 52.9 Å². The second kappa shape index (κ2) is 7.83. The molecule has 0 spiro atoms. The van der Waals surface area contributed by atoms with Crippen molar-refractivity contribution in [1.29, 1.82) is 0 Å². The second-order valence-corrected chi connectivity index (χ2v) is 6.54. The first-order chi connectivity index (χ1) is 9.31. The maximum absolute atomic E-state index is 11.8. The van der Waals surface area contributed by atoms with Gasteiger partial charge in [-0.05, 0) is 32.8 Å². The molecule has 1 aromatic carbocycles. The van der Waals surface area contributed by atoms with Gasteiger partial charge < -0.3 is 15.2 Å². The molecule has 20 heavy (non-hydrogen) atoms. The zero-order chi connectivity index (χ0) is 15.2. The molecule has 0 aliphatic rings. The third-order valence-corrected chi connectivity index (χ3v) is 3.53. The molecule has 0 heterocycles. The number of rotatable bonds is 5. The molecule has 112 valence electrons. The number of hydrogen-bond donors (Lipinski definition) is 2. The molecule has 1 amide bonds. The van der Waals surface area contributed by atoms with E-state index in [1.54, 1.807) is 0 Å². The minimum Gasteiger partial charge on any atom is -0.444 e. The van der Waals surface area contributed by atoms with E-state index >= 15 is 0 Å². The number of ether oxygens (including phenoxy) is 1. The number of aliphatic hydroxyl groups is 1. The Hall–Kier alpha value is -0.820. The van der Waals surface area contributed by atoms with E-state index in [0.29, 0.717) is 10.8 Å². The van der Waals surface area contributed by atoms with Crippen LogP contribution in [0.1, 0.15) is 26.3 Å². The molecule has 2 N–H and O–H groups in total. The fraction of sp³-hybridized carbons (Fsp3) is 0.533. The van der Waals surface area contributed by atoms with Crippen molar-refractivity contribution in [2.75, 3.05) is 4.43 Å². The number of carbonyl (C=O) groups excluding carboxylic acids is 1. The van der Waals surface area contributed by atoms with Gasteiger partial charge in [0.05, 0.1) is 12.1 Å². The summed E-state index contributed by atoms with van der Waals surface area (Å²) < 4.78 is 5.78. The van der Waals surface area contributed by atoms with Crippen LogP contribution in [0.15, 0.2) is 30.3 Å². The quantitative estimate of drug-likeness (QED) is 0.600. The molecule has 0 aromatic heterocycles. The standard InChI is InChI=1S/C15H22INO3/c1-15(2,3)20-14(19)17-12(13(18)10-16)9-11-7-5-4-6-8-11/h4-8,12-13,18H,9-10H2,1-3H3,(H,17,19)/t12-,13-/m0/s1. The fourth-order valence-electron chi connectivity index (χ4n) is 1.72. The van der Waals surface area contributed by atoms with Gasteiger partial charge in [-0.15, -0.1) is 0 Å². The van der Waals surface area contributed by atoms with Crippen molar-refractivity contribution in [3.8, 4) is 0 Å². The van der Waals surface area contributed by atoms with Crippen LogP contribution in [-0.2, 0) is 11.2 Å². The van der Waals surface area contributed by atoms with Crippen LogP contribution in [0.25, 0.3) is 0 Å². The number of nitrogens with one attached hydrogen (secondary N) is 1. The first-order valence-electron chi connectivity index (χ1n) is 6.59. The minimum absolute atomic E-state index is 0.357. The van der Waals surface area contributed by atoms with E-state index in [4.69, 9.17) is 4.74 Å². The van der Waals surface area contributed by atoms with Crippen molar-refractivity contribution < 1.29 is 14.6 Å². The summed E-state index contributed by atoms with van der Waals surface area (Å²) in [6.07, 6.45) is -0.532. The number of amides is 1. The van der Waals surface area contributed by atoms with E-state index < -0.39 is 17.8 Å². The average Bonchev–Trinajstić information content (AvgIpc) is 2.36. The molecule has 4 nitrogen and oxygen atoms in total. The highest BCUT2D eigenvalue weighted by molar-refractivity contribution is 14.1. The molecule has 2 atom stereocenters. The van der Waals surface area contributed by atoms with Crippen LogP contribution in [0.5, 0.6) is 0 Å². The number of hydrogen-bond acceptors (Lipinski definition) is 3. The smallest absolute Gasteiger partial charge is 0.407 e. The summed E-state index contributed by atoms with van der Waals surface area (Å²) in [4.78, 5) is 11.8. The number of halogens is 1. The van der Waals surface area contributed by atoms with Crippen LogP contribution in [0.3, 0.4) is 0 Å². The molecule has 0 saturated heterocycles. The van der Waals surface area contributed by atoms with E-state index in [2.05, 4.69) is 27.9 Å². The summed E-state index contributed by atoms with van der Waals surface area (Å²) in [5.41, 5.74) is 0.522. The minimum atomic E-state index is -0.608. The maximum atomic E-state index is 11.8. The second-order valence-electron chi connectivity index (χ2n) is 5.66. The van der Waals surface area contributed by atoms with Crippen LogP contribution in [0, 0.1) is 0 Å². The van der Waals surface area contributed by atoms with E-state index in [-0.39, 0.29) is 6.04 Å². The highest BCUT2D eigenvalue weighted by atomic mass is 127. The van der Waals surface area contributed by atoms with E-state index in [9.17, 15) is 9.90 Å². The van der Waals surface area contributed by atoms with Gasteiger partial charge >= 0.3 is 6.09 Å². The molecule has 1 aromatic rings. The SMILES string of the molecule is CC(C)(C)OC(=O)N[C@@H](Cc1ccccc1)[C@@H](O)CI. The number of alkyl carbamates (subject to hydrolysis) is 1. The molecule has 5 heteroatoms. The number of aliphatic hydroxyl groups excluding tert-OH is 1. The molecule has 0 bridgehead atoms. The van der Waals surface area contributed by atoms with Crippen LogP contribution in [-0.4, -0.2) is 33.4 Å². The predicted octanol–water partition coefficient (Wildman–Crippen LogP) is 2.92. The Morgan fingerprint density at radius 1 is 1.35 bits per heavy atom. The summed E-state index contributed by atoms with van der Waals surface area (Å²) in [6, 6.07) is 9.42. The zero-order valence-corrected chi connectivity index (χ0v) is 14.3. The third kappa shape index (κ3) is 6.56. The van der Waals surface area contributed by atoms with Gasteiger partial charge in [0.15, 0.2) is 0 Å². The van der Waals surface area contributed by atoms with Gasteiger partial charge in [0.2, 0.25) is 0 Å². The van der Waals surface area contributed by atoms with E-state index in [0.717, 1.165) is 5.56 Å². The maximum Gasteiger partial charge on any atom is 0.407 e. The van der Waals surface area contributed by atoms with Crippen molar-refractivity contribution in [1.82, 2.24) is 5.32 Å². The lowest BCUT2D eigenvalue weighted by Gasteiger charge is -2.26. The summed E-state index contributed by atoms with van der Waals surface area (Å²) in [5, 5.41) is 12.8. The summed E-state index contributed by atoms with van der Waals surface area (Å²) in [6.45, 7) is 5.44. The van der Waals surface area contributed by atoms with E-state index in [1.807, 2.05) is 51.1 Å². The first-order valence-corrected chi connectivity index (χ1v) is 8.12. The lowest BCUT2D eigenvalue weighted by atomic mass is 10.0. The Bertz CT molecular complexity index is 417. The molecular formula is C15H22INO3. The number of benzene rings is 1. The summed E-state index contributed by atoms with van der Waals surface area (Å²) >= 11 is 2.10. The highest BCUT2D eigenvalue weighted by Crippen LogP contribution is 2.11. The van der Waals surface area contributed by atoms with Crippen molar-refractivity contribution in [2.45, 2.75) is 44.9 Å². The van der Waals surface area contributed by atoms with Crippen molar-refractivity contribution >= 4 is 28.7 Å². The van der Waals surface area contributed by atoms with Gasteiger partial charge in [-0.3, -0.25) is 0 Å². The number of carbonyl (C=O) groups is 1. The Morgan fingerprint density at radius 2 is 1.95 bits per heavy atom. The van der Waals surface area contributed by atoms with Gasteiger partial charge in [0, 0.05) is 4.43 Å². The van der Waals surface area contributed by atoms with Gasteiger partial charge in [0.1, 0.15) is 5.60 Å². The van der Waals surface area contributed by atoms with Crippen LogP contribution < -0.4 is 5.32 Å². The molecule has 0 fully saturated rings. The third-order valence-electron chi connectivity index (χ3n) is 2.62. The number of alkyl halides is 1.